The highest BCUT2D eigenvalue weighted by atomic mass is 16.3. The van der Waals surface area contributed by atoms with E-state index in [9.17, 15) is 0 Å². The third kappa shape index (κ3) is 2.68. The van der Waals surface area contributed by atoms with Crippen LogP contribution in [-0.2, 0) is 0 Å². The number of hydrogen-bond acceptors (Lipinski definition) is 4. The quantitative estimate of drug-likeness (QED) is 0.898. The molecule has 0 spiro atoms. The van der Waals surface area contributed by atoms with Crippen LogP contribution in [0.15, 0.2) is 28.8 Å². The van der Waals surface area contributed by atoms with E-state index in [1.807, 2.05) is 31.3 Å². The molecule has 3 rings (SSSR count). The molecule has 4 nitrogen and oxygen atoms in total. The van der Waals surface area contributed by atoms with Crippen molar-refractivity contribution in [2.45, 2.75) is 44.6 Å². The Morgan fingerprint density at radius 1 is 1.16 bits per heavy atom. The van der Waals surface area contributed by atoms with E-state index in [1.165, 1.54) is 0 Å². The first-order valence-electron chi connectivity index (χ1n) is 6.87. The molecule has 2 heterocycles. The maximum absolute atomic E-state index is 5.94. The van der Waals surface area contributed by atoms with E-state index in [1.54, 1.807) is 0 Å². The number of aromatic nitrogens is 2. The molecule has 0 amide bonds. The van der Waals surface area contributed by atoms with E-state index < -0.39 is 0 Å². The largest absolute Gasteiger partial charge is 0.460 e. The molecule has 100 valence electrons. The molecule has 0 aromatic carbocycles. The molecule has 0 aliphatic heterocycles. The number of nitrogens with two attached hydrogens (primary N) is 1. The lowest BCUT2D eigenvalue weighted by Crippen LogP contribution is -2.26. The Bertz CT molecular complexity index is 556. The average molecular weight is 257 g/mol. The van der Waals surface area contributed by atoms with Crippen LogP contribution in [0.3, 0.4) is 0 Å². The van der Waals surface area contributed by atoms with Gasteiger partial charge in [0.05, 0.1) is 0 Å². The lowest BCUT2D eigenvalue weighted by atomic mass is 9.86. The van der Waals surface area contributed by atoms with E-state index >= 15 is 0 Å². The summed E-state index contributed by atoms with van der Waals surface area (Å²) in [6, 6.07) is 6.16. The number of aryl methyl sites for hydroxylation is 1. The van der Waals surface area contributed by atoms with Crippen LogP contribution in [-0.4, -0.2) is 16.0 Å². The van der Waals surface area contributed by atoms with Crippen LogP contribution in [0, 0.1) is 6.92 Å². The highest BCUT2D eigenvalue weighted by molar-refractivity contribution is 5.51. The molecular formula is C15H19N3O. The van der Waals surface area contributed by atoms with Crippen molar-refractivity contribution in [1.82, 2.24) is 9.97 Å². The van der Waals surface area contributed by atoms with Gasteiger partial charge in [-0.1, -0.05) is 0 Å². The van der Waals surface area contributed by atoms with Gasteiger partial charge in [-0.25, -0.2) is 9.97 Å². The SMILES string of the molecule is Cc1ccc(-c2ccnc(C3CCC(N)CC3)n2)o1. The lowest BCUT2D eigenvalue weighted by molar-refractivity contribution is 0.384. The fourth-order valence-corrected chi connectivity index (χ4v) is 2.66. The highest BCUT2D eigenvalue weighted by Gasteiger charge is 2.22. The normalized spacial score (nSPS) is 23.5. The minimum atomic E-state index is 0.354. The number of nitrogens with zero attached hydrogens (tertiary/aromatic N) is 2. The first kappa shape index (κ1) is 12.4. The second kappa shape index (κ2) is 5.13. The predicted molar refractivity (Wildman–Crippen MR) is 73.7 cm³/mol. The molecule has 4 heteroatoms. The summed E-state index contributed by atoms with van der Waals surface area (Å²) >= 11 is 0. The third-order valence-corrected chi connectivity index (χ3v) is 3.80. The van der Waals surface area contributed by atoms with Crippen LogP contribution in [0.2, 0.25) is 0 Å². The fraction of sp³-hybridized carbons (Fsp3) is 0.467. The maximum atomic E-state index is 5.94. The highest BCUT2D eigenvalue weighted by Crippen LogP contribution is 2.31. The summed E-state index contributed by atoms with van der Waals surface area (Å²) in [5.41, 5.74) is 6.81. The summed E-state index contributed by atoms with van der Waals surface area (Å²) in [4.78, 5) is 9.09. The number of furan rings is 1. The molecule has 0 saturated heterocycles. The number of hydrogen-bond donors (Lipinski definition) is 1. The van der Waals surface area contributed by atoms with Crippen molar-refractivity contribution in [2.24, 2.45) is 5.73 Å². The van der Waals surface area contributed by atoms with E-state index in [0.717, 1.165) is 48.7 Å². The van der Waals surface area contributed by atoms with Gasteiger partial charge in [0.15, 0.2) is 5.76 Å². The van der Waals surface area contributed by atoms with Crippen LogP contribution in [0.25, 0.3) is 11.5 Å². The van der Waals surface area contributed by atoms with E-state index in [0.29, 0.717) is 12.0 Å². The smallest absolute Gasteiger partial charge is 0.152 e. The van der Waals surface area contributed by atoms with Crippen LogP contribution < -0.4 is 5.73 Å². The van der Waals surface area contributed by atoms with Crippen LogP contribution in [0.4, 0.5) is 0 Å². The van der Waals surface area contributed by atoms with Crippen molar-refractivity contribution in [3.63, 3.8) is 0 Å². The van der Waals surface area contributed by atoms with Gasteiger partial charge >= 0.3 is 0 Å². The van der Waals surface area contributed by atoms with Gasteiger partial charge in [0, 0.05) is 18.2 Å². The van der Waals surface area contributed by atoms with Crippen molar-refractivity contribution < 1.29 is 4.42 Å². The summed E-state index contributed by atoms with van der Waals surface area (Å²) in [5.74, 6) is 3.08. The molecule has 1 saturated carbocycles. The zero-order valence-electron chi connectivity index (χ0n) is 11.2. The summed E-state index contributed by atoms with van der Waals surface area (Å²) in [6.45, 7) is 1.94. The van der Waals surface area contributed by atoms with Gasteiger partial charge in [-0.2, -0.15) is 0 Å². The first-order valence-corrected chi connectivity index (χ1v) is 6.87. The van der Waals surface area contributed by atoms with Crippen molar-refractivity contribution in [3.05, 3.63) is 36.0 Å². The van der Waals surface area contributed by atoms with Gasteiger partial charge < -0.3 is 10.2 Å². The molecule has 1 aliphatic rings. The van der Waals surface area contributed by atoms with Crippen molar-refractivity contribution in [1.29, 1.82) is 0 Å². The van der Waals surface area contributed by atoms with Gasteiger partial charge in [-0.05, 0) is 50.8 Å². The lowest BCUT2D eigenvalue weighted by Gasteiger charge is -2.24. The topological polar surface area (TPSA) is 64.9 Å². The summed E-state index contributed by atoms with van der Waals surface area (Å²) in [5, 5.41) is 0. The molecule has 1 aliphatic carbocycles. The molecule has 0 unspecified atom stereocenters. The second-order valence-electron chi connectivity index (χ2n) is 5.32. The van der Waals surface area contributed by atoms with Crippen LogP contribution in [0.5, 0.6) is 0 Å². The molecular weight excluding hydrogens is 238 g/mol. The molecule has 1 fully saturated rings. The zero-order chi connectivity index (χ0) is 13.2. The Balaban J connectivity index is 1.84. The minimum absolute atomic E-state index is 0.354. The molecule has 0 radical (unpaired) electrons. The minimum Gasteiger partial charge on any atom is -0.460 e. The van der Waals surface area contributed by atoms with E-state index in [2.05, 4.69) is 9.97 Å². The predicted octanol–water partition coefficient (Wildman–Crippen LogP) is 3.03. The molecule has 0 bridgehead atoms. The Morgan fingerprint density at radius 2 is 1.95 bits per heavy atom. The van der Waals surface area contributed by atoms with Crippen molar-refractivity contribution in [3.8, 4) is 11.5 Å². The zero-order valence-corrected chi connectivity index (χ0v) is 11.2. The first-order chi connectivity index (χ1) is 9.22. The van der Waals surface area contributed by atoms with Gasteiger partial charge in [0.1, 0.15) is 17.3 Å². The Kier molecular flexibility index (Phi) is 3.34. The molecule has 2 N–H and O–H groups in total. The van der Waals surface area contributed by atoms with Crippen LogP contribution in [0.1, 0.15) is 43.2 Å². The molecule has 19 heavy (non-hydrogen) atoms. The molecule has 2 aromatic rings. The monoisotopic (exact) mass is 257 g/mol. The van der Waals surface area contributed by atoms with E-state index in [4.69, 9.17) is 10.2 Å². The molecule has 2 aromatic heterocycles. The summed E-state index contributed by atoms with van der Waals surface area (Å²) in [7, 11) is 0. The van der Waals surface area contributed by atoms with Crippen molar-refractivity contribution in [2.75, 3.05) is 0 Å². The third-order valence-electron chi connectivity index (χ3n) is 3.80. The summed E-state index contributed by atoms with van der Waals surface area (Å²) < 4.78 is 5.62. The standard InChI is InChI=1S/C15H19N3O/c1-10-2-7-14(19-10)13-8-9-17-15(18-13)11-3-5-12(16)6-4-11/h2,7-9,11-12H,3-6,16H2,1H3. The van der Waals surface area contributed by atoms with Gasteiger partial charge in [-0.15, -0.1) is 0 Å². The van der Waals surface area contributed by atoms with Crippen molar-refractivity contribution >= 4 is 0 Å². The summed E-state index contributed by atoms with van der Waals surface area (Å²) in [6.07, 6.45) is 6.13. The Morgan fingerprint density at radius 3 is 2.63 bits per heavy atom. The van der Waals surface area contributed by atoms with E-state index in [-0.39, 0.29) is 0 Å². The number of rotatable bonds is 2. The Labute approximate surface area is 113 Å². The van der Waals surface area contributed by atoms with Gasteiger partial charge in [-0.3, -0.25) is 0 Å². The fourth-order valence-electron chi connectivity index (χ4n) is 2.66. The molecule has 0 atom stereocenters. The van der Waals surface area contributed by atoms with Crippen LogP contribution >= 0.6 is 0 Å². The Hall–Kier alpha value is -1.68. The second-order valence-corrected chi connectivity index (χ2v) is 5.32. The average Bonchev–Trinajstić information content (AvgIpc) is 2.86. The maximum Gasteiger partial charge on any atom is 0.152 e. The van der Waals surface area contributed by atoms with Gasteiger partial charge in [0.25, 0.3) is 0 Å². The van der Waals surface area contributed by atoms with Gasteiger partial charge in [0.2, 0.25) is 0 Å².